The highest BCUT2D eigenvalue weighted by molar-refractivity contribution is 5.85. The van der Waals surface area contributed by atoms with Crippen LogP contribution in [-0.4, -0.2) is 58.6 Å². The van der Waals surface area contributed by atoms with E-state index in [0.29, 0.717) is 24.8 Å². The lowest BCUT2D eigenvalue weighted by molar-refractivity contribution is -0.213. The van der Waals surface area contributed by atoms with Crippen LogP contribution in [0.2, 0.25) is 0 Å². The minimum atomic E-state index is -1.07. The third-order valence-electron chi connectivity index (χ3n) is 16.2. The Labute approximate surface area is 323 Å². The first-order valence-corrected chi connectivity index (χ1v) is 20.8. The van der Waals surface area contributed by atoms with E-state index in [2.05, 4.69) is 65.2 Å². The van der Waals surface area contributed by atoms with Crippen LogP contribution in [0.4, 0.5) is 0 Å². The van der Waals surface area contributed by atoms with Crippen molar-refractivity contribution in [2.75, 3.05) is 6.54 Å². The second-order valence-electron chi connectivity index (χ2n) is 21.1. The maximum atomic E-state index is 14.4. The van der Waals surface area contributed by atoms with Gasteiger partial charge >= 0.3 is 17.9 Å². The van der Waals surface area contributed by atoms with Crippen molar-refractivity contribution in [2.24, 2.45) is 55.7 Å². The van der Waals surface area contributed by atoms with Crippen LogP contribution in [-0.2, 0) is 28.7 Å². The van der Waals surface area contributed by atoms with Gasteiger partial charge in [-0.3, -0.25) is 24.0 Å². The molecule has 0 aromatic rings. The molecule has 2 amide bonds. The largest absolute Gasteiger partial charge is 0.481 e. The van der Waals surface area contributed by atoms with Gasteiger partial charge in [-0.15, -0.1) is 0 Å². The summed E-state index contributed by atoms with van der Waals surface area (Å²) in [5.41, 5.74) is 0.294. The van der Waals surface area contributed by atoms with Crippen LogP contribution in [0.25, 0.3) is 0 Å². The van der Waals surface area contributed by atoms with Gasteiger partial charge in [0.1, 0.15) is 12.1 Å². The first kappa shape index (κ1) is 42.2. The van der Waals surface area contributed by atoms with E-state index in [-0.39, 0.29) is 76.1 Å². The Morgan fingerprint density at radius 3 is 2.20 bits per heavy atom. The van der Waals surface area contributed by atoms with Crippen LogP contribution >= 0.6 is 0 Å². The number of nitrogens with one attached hydrogen (secondary N) is 2. The number of fused-ring (bicyclic) bond motifs is 7. The molecule has 9 atom stereocenters. The molecule has 0 aromatic carbocycles. The van der Waals surface area contributed by atoms with Crippen LogP contribution in [0.5, 0.6) is 0 Å². The Balaban J connectivity index is 1.35. The minimum Gasteiger partial charge on any atom is -0.481 e. The Hall–Kier alpha value is -2.91. The molecular weight excluding hydrogens is 684 g/mol. The van der Waals surface area contributed by atoms with Gasteiger partial charge in [0.2, 0.25) is 11.8 Å². The monoisotopic (exact) mass is 755 g/mol. The van der Waals surface area contributed by atoms with Crippen molar-refractivity contribution in [3.05, 3.63) is 11.6 Å². The second kappa shape index (κ2) is 14.5. The fraction of sp³-hybridized carbons (Fsp3) is 0.841. The van der Waals surface area contributed by atoms with Gasteiger partial charge in [-0.25, -0.2) is 0 Å². The zero-order valence-corrected chi connectivity index (χ0v) is 34.9. The zero-order valence-electron chi connectivity index (χ0n) is 34.9. The van der Waals surface area contributed by atoms with Crippen molar-refractivity contribution in [3.8, 4) is 0 Å². The summed E-state index contributed by atoms with van der Waals surface area (Å²) in [6, 6.07) is -0.945. The predicted molar refractivity (Wildman–Crippen MR) is 207 cm³/mol. The molecule has 10 nitrogen and oxygen atoms in total. The summed E-state index contributed by atoms with van der Waals surface area (Å²) in [5, 5.41) is 24.2. The molecule has 304 valence electrons. The van der Waals surface area contributed by atoms with E-state index >= 15 is 0 Å². The molecule has 0 bridgehead atoms. The average molecular weight is 755 g/mol. The number of carboxylic acid groups (broad SMARTS) is 2. The highest BCUT2D eigenvalue weighted by Gasteiger charge is 2.69. The fourth-order valence-corrected chi connectivity index (χ4v) is 12.9. The van der Waals surface area contributed by atoms with Crippen molar-refractivity contribution in [2.45, 2.75) is 171 Å². The van der Waals surface area contributed by atoms with Gasteiger partial charge in [-0.05, 0) is 122 Å². The van der Waals surface area contributed by atoms with Gasteiger partial charge in [-0.2, -0.15) is 0 Å². The highest BCUT2D eigenvalue weighted by atomic mass is 16.5. The molecule has 0 saturated heterocycles. The molecule has 5 rings (SSSR count). The van der Waals surface area contributed by atoms with Crippen LogP contribution in [0.3, 0.4) is 0 Å². The molecule has 5 aliphatic carbocycles. The first-order valence-electron chi connectivity index (χ1n) is 20.8. The smallest absolute Gasteiger partial charge is 0.325 e. The molecule has 5 aliphatic rings. The van der Waals surface area contributed by atoms with E-state index in [1.807, 2.05) is 13.8 Å². The van der Waals surface area contributed by atoms with E-state index in [0.717, 1.165) is 64.2 Å². The number of rotatable bonds is 12. The van der Waals surface area contributed by atoms with Gasteiger partial charge < -0.3 is 25.6 Å². The van der Waals surface area contributed by atoms with Gasteiger partial charge in [0.15, 0.2) is 0 Å². The molecule has 4 saturated carbocycles. The fourth-order valence-electron chi connectivity index (χ4n) is 12.9. The Morgan fingerprint density at radius 2 is 1.56 bits per heavy atom. The second-order valence-corrected chi connectivity index (χ2v) is 21.1. The molecule has 54 heavy (non-hydrogen) atoms. The summed E-state index contributed by atoms with van der Waals surface area (Å²) in [5.74, 6) is -1.52. The zero-order chi connectivity index (χ0) is 40.3. The predicted octanol–water partition coefficient (Wildman–Crippen LogP) is 8.08. The third kappa shape index (κ3) is 7.49. The molecular formula is C44H70N2O8. The van der Waals surface area contributed by atoms with Crippen LogP contribution in [0, 0.1) is 55.7 Å². The molecule has 0 aliphatic heterocycles. The van der Waals surface area contributed by atoms with Crippen molar-refractivity contribution in [1.29, 1.82) is 0 Å². The maximum Gasteiger partial charge on any atom is 0.325 e. The third-order valence-corrected chi connectivity index (χ3v) is 16.2. The summed E-state index contributed by atoms with van der Waals surface area (Å²) in [4.78, 5) is 62.4. The number of hydrogen-bond acceptors (Lipinski definition) is 6. The quantitative estimate of drug-likeness (QED) is 0.0885. The van der Waals surface area contributed by atoms with E-state index < -0.39 is 28.8 Å². The van der Waals surface area contributed by atoms with Crippen LogP contribution in [0.15, 0.2) is 11.6 Å². The summed E-state index contributed by atoms with van der Waals surface area (Å²) >= 11 is 0. The average Bonchev–Trinajstić information content (AvgIpc) is 3.03. The number of carboxylic acids is 2. The Morgan fingerprint density at radius 1 is 0.889 bits per heavy atom. The number of hydrogen-bond donors (Lipinski definition) is 4. The standard InChI is InChI=1S/C44H70N2O8/c1-27(36(51)52)46-33(47)12-11-23-45-37(53)44-21-19-38(2,3)24-29(44)28-13-14-31-41(8)17-16-32(54-35(50)26-39(4,5)25-34(48)49)40(6,7)30(41)15-18-43(31,10)42(28,9)20-22-44/h13,27,29-32H,11-12,14-26H2,1-10H3,(H,45,53)(H,46,47)(H,48,49)(H,51,52)/t27-,29?,30?,31?,32-,41-,42+,43+,44-/m0/s1. The molecule has 0 heterocycles. The number of esters is 1. The lowest BCUT2D eigenvalue weighted by atomic mass is 9.33. The van der Waals surface area contributed by atoms with Gasteiger partial charge in [0.25, 0.3) is 0 Å². The number of carbonyl (C=O) groups excluding carboxylic acids is 3. The highest BCUT2D eigenvalue weighted by Crippen LogP contribution is 2.76. The number of ether oxygens (including phenoxy) is 1. The topological polar surface area (TPSA) is 159 Å². The minimum absolute atomic E-state index is 0.0478. The van der Waals surface area contributed by atoms with Gasteiger partial charge in [0.05, 0.1) is 18.3 Å². The lowest BCUT2D eigenvalue weighted by Crippen LogP contribution is -2.65. The van der Waals surface area contributed by atoms with Crippen molar-refractivity contribution in [1.82, 2.24) is 10.6 Å². The first-order chi connectivity index (χ1) is 24.8. The van der Waals surface area contributed by atoms with E-state index in [9.17, 15) is 29.1 Å². The molecule has 10 heteroatoms. The van der Waals surface area contributed by atoms with Gasteiger partial charge in [-0.1, -0.05) is 74.0 Å². The molecule has 4 N–H and O–H groups in total. The molecule has 0 aromatic heterocycles. The Bertz CT molecular complexity index is 1550. The van der Waals surface area contributed by atoms with E-state index in [1.165, 1.54) is 12.5 Å². The van der Waals surface area contributed by atoms with E-state index in [4.69, 9.17) is 9.84 Å². The number of amides is 2. The molecule has 0 spiro atoms. The summed E-state index contributed by atoms with van der Waals surface area (Å²) in [6.07, 6.45) is 12.5. The number of aliphatic carboxylic acids is 2. The SMILES string of the molecule is C[C@H](NC(=O)CCCNC(=O)[C@]12CCC(C)(C)CC1C1=CCC3[C@@]4(C)CC[C@H](OC(=O)CC(C)(C)CC(=O)O)C(C)(C)C4CC[C@@]3(C)[C@]1(C)CC2)C(=O)O. The maximum absolute atomic E-state index is 14.4. The van der Waals surface area contributed by atoms with Gasteiger partial charge in [0, 0.05) is 18.4 Å². The number of carbonyl (C=O) groups is 5. The van der Waals surface area contributed by atoms with Crippen molar-refractivity contribution < 1.29 is 38.9 Å². The lowest BCUT2D eigenvalue weighted by Gasteiger charge is -2.71. The van der Waals surface area contributed by atoms with Crippen LogP contribution in [0.1, 0.15) is 159 Å². The summed E-state index contributed by atoms with van der Waals surface area (Å²) in [6.45, 7) is 22.3. The number of allylic oxidation sites excluding steroid dienone is 2. The molecule has 3 unspecified atom stereocenters. The van der Waals surface area contributed by atoms with E-state index in [1.54, 1.807) is 0 Å². The Kier molecular flexibility index (Phi) is 11.4. The van der Waals surface area contributed by atoms with Crippen molar-refractivity contribution >= 4 is 29.7 Å². The summed E-state index contributed by atoms with van der Waals surface area (Å²) < 4.78 is 6.24. The summed E-state index contributed by atoms with van der Waals surface area (Å²) in [7, 11) is 0. The normalized spacial score (nSPS) is 37.1. The van der Waals surface area contributed by atoms with Crippen LogP contribution < -0.4 is 10.6 Å². The molecule has 4 fully saturated rings. The van der Waals surface area contributed by atoms with Crippen molar-refractivity contribution in [3.63, 3.8) is 0 Å². The molecule has 0 radical (unpaired) electrons.